The maximum atomic E-state index is 13.0. The van der Waals surface area contributed by atoms with Gasteiger partial charge in [-0.3, -0.25) is 0 Å². The van der Waals surface area contributed by atoms with Crippen molar-refractivity contribution in [1.29, 1.82) is 0 Å². The van der Waals surface area contributed by atoms with Crippen LogP contribution in [-0.2, 0) is 17.7 Å². The van der Waals surface area contributed by atoms with E-state index in [0.717, 1.165) is 5.56 Å². The first-order chi connectivity index (χ1) is 10.1. The van der Waals surface area contributed by atoms with Gasteiger partial charge in [0.1, 0.15) is 24.1 Å². The molecular weight excluding hydrogens is 273 g/mol. The molecule has 0 radical (unpaired) electrons. The highest BCUT2D eigenvalue weighted by molar-refractivity contribution is 5.18. The summed E-state index contributed by atoms with van der Waals surface area (Å²) in [6.07, 6.45) is 3.37. The summed E-state index contributed by atoms with van der Waals surface area (Å²) in [5, 5.41) is 15.1. The van der Waals surface area contributed by atoms with Gasteiger partial charge in [0.2, 0.25) is 0 Å². The minimum absolute atomic E-state index is 0.0674. The second-order valence-corrected chi connectivity index (χ2v) is 5.59. The van der Waals surface area contributed by atoms with Crippen LogP contribution >= 0.6 is 0 Å². The van der Waals surface area contributed by atoms with E-state index in [1.165, 1.54) is 18.5 Å². The molecule has 5 nitrogen and oxygen atoms in total. The molecule has 0 aliphatic carbocycles. The van der Waals surface area contributed by atoms with Gasteiger partial charge < -0.3 is 9.84 Å². The zero-order valence-corrected chi connectivity index (χ0v) is 11.8. The third-order valence-electron chi connectivity index (χ3n) is 4.24. The largest absolute Gasteiger partial charge is 0.385 e. The van der Waals surface area contributed by atoms with Crippen molar-refractivity contribution in [1.82, 2.24) is 14.8 Å². The maximum absolute atomic E-state index is 13.0. The fourth-order valence-corrected chi connectivity index (χ4v) is 2.85. The molecular formula is C15H18FN3O2. The lowest BCUT2D eigenvalue weighted by Crippen LogP contribution is -2.47. The van der Waals surface area contributed by atoms with Gasteiger partial charge in [0.25, 0.3) is 0 Å². The molecule has 1 N–H and O–H groups in total. The van der Waals surface area contributed by atoms with Crippen molar-refractivity contribution in [2.24, 2.45) is 5.92 Å². The van der Waals surface area contributed by atoms with Crippen LogP contribution in [0.2, 0.25) is 0 Å². The van der Waals surface area contributed by atoms with Crippen molar-refractivity contribution in [2.45, 2.75) is 31.6 Å². The fourth-order valence-electron chi connectivity index (χ4n) is 2.85. The average molecular weight is 291 g/mol. The Morgan fingerprint density at radius 1 is 1.43 bits per heavy atom. The number of aromatic nitrogens is 3. The van der Waals surface area contributed by atoms with E-state index in [4.69, 9.17) is 4.74 Å². The Balaban J connectivity index is 1.78. The van der Waals surface area contributed by atoms with Crippen LogP contribution in [-0.4, -0.2) is 38.2 Å². The molecule has 3 unspecified atom stereocenters. The summed E-state index contributed by atoms with van der Waals surface area (Å²) in [7, 11) is 0. The molecule has 21 heavy (non-hydrogen) atoms. The van der Waals surface area contributed by atoms with E-state index in [9.17, 15) is 9.50 Å². The zero-order valence-electron chi connectivity index (χ0n) is 11.8. The van der Waals surface area contributed by atoms with Gasteiger partial charge in [-0.15, -0.1) is 0 Å². The van der Waals surface area contributed by atoms with Gasteiger partial charge in [-0.1, -0.05) is 12.1 Å². The summed E-state index contributed by atoms with van der Waals surface area (Å²) in [4.78, 5) is 3.90. The van der Waals surface area contributed by atoms with Crippen LogP contribution in [0.1, 0.15) is 12.5 Å². The topological polar surface area (TPSA) is 60.2 Å². The molecule has 2 heterocycles. The maximum Gasteiger partial charge on any atom is 0.137 e. The second-order valence-electron chi connectivity index (χ2n) is 5.59. The van der Waals surface area contributed by atoms with Crippen LogP contribution in [0.5, 0.6) is 0 Å². The molecule has 0 amide bonds. The van der Waals surface area contributed by atoms with Crippen LogP contribution in [0.3, 0.4) is 0 Å². The van der Waals surface area contributed by atoms with Crippen molar-refractivity contribution < 1.29 is 14.2 Å². The first-order valence-electron chi connectivity index (χ1n) is 6.99. The third-order valence-corrected chi connectivity index (χ3v) is 4.24. The Morgan fingerprint density at radius 2 is 2.19 bits per heavy atom. The first-order valence-corrected chi connectivity index (χ1v) is 6.99. The predicted molar refractivity (Wildman–Crippen MR) is 74.0 cm³/mol. The van der Waals surface area contributed by atoms with E-state index in [2.05, 4.69) is 10.1 Å². The zero-order chi connectivity index (χ0) is 14.9. The number of hydrogen-bond acceptors (Lipinski definition) is 4. The number of aliphatic hydroxyl groups is 1. The van der Waals surface area contributed by atoms with Crippen molar-refractivity contribution in [2.75, 3.05) is 6.61 Å². The lowest BCUT2D eigenvalue weighted by molar-refractivity contribution is -0.0586. The summed E-state index contributed by atoms with van der Waals surface area (Å²) in [5.74, 6) is -0.324. The number of benzene rings is 1. The summed E-state index contributed by atoms with van der Waals surface area (Å²) < 4.78 is 20.2. The van der Waals surface area contributed by atoms with Crippen LogP contribution in [0.25, 0.3) is 0 Å². The van der Waals surface area contributed by atoms with Crippen molar-refractivity contribution >= 4 is 0 Å². The molecule has 1 aromatic carbocycles. The number of rotatable bonds is 4. The standard InChI is InChI=1S/C15H18FN3O2/c1-11-15(20,8-19-10-17-9-18-19)13(7-21-11)6-12-2-4-14(16)5-3-12/h2-5,9-11,13,20H,6-8H2,1H3. The molecule has 3 rings (SSSR count). The average Bonchev–Trinajstić information content (AvgIpc) is 3.05. The molecule has 1 fully saturated rings. The van der Waals surface area contributed by atoms with E-state index in [1.807, 2.05) is 6.92 Å². The molecule has 1 aromatic heterocycles. The smallest absolute Gasteiger partial charge is 0.137 e. The van der Waals surface area contributed by atoms with Gasteiger partial charge in [-0.25, -0.2) is 14.1 Å². The van der Waals surface area contributed by atoms with Gasteiger partial charge in [0, 0.05) is 5.92 Å². The summed E-state index contributed by atoms with van der Waals surface area (Å²) in [6.45, 7) is 2.67. The summed E-state index contributed by atoms with van der Waals surface area (Å²) in [6, 6.07) is 6.36. The highest BCUT2D eigenvalue weighted by Gasteiger charge is 2.48. The van der Waals surface area contributed by atoms with Crippen molar-refractivity contribution in [3.63, 3.8) is 0 Å². The van der Waals surface area contributed by atoms with Gasteiger partial charge in [0.15, 0.2) is 0 Å². The lowest BCUT2D eigenvalue weighted by atomic mass is 9.82. The van der Waals surface area contributed by atoms with Gasteiger partial charge in [-0.2, -0.15) is 5.10 Å². The Morgan fingerprint density at radius 3 is 2.86 bits per heavy atom. The Kier molecular flexibility index (Phi) is 3.73. The van der Waals surface area contributed by atoms with E-state index in [1.54, 1.807) is 23.1 Å². The van der Waals surface area contributed by atoms with Crippen LogP contribution < -0.4 is 0 Å². The number of hydrogen-bond donors (Lipinski definition) is 1. The number of halogens is 1. The molecule has 3 atom stereocenters. The third kappa shape index (κ3) is 2.82. The van der Waals surface area contributed by atoms with Gasteiger partial charge in [-0.05, 0) is 31.0 Å². The molecule has 1 aliphatic rings. The Bertz CT molecular complexity index is 587. The number of ether oxygens (including phenoxy) is 1. The quantitative estimate of drug-likeness (QED) is 0.925. The lowest BCUT2D eigenvalue weighted by Gasteiger charge is -2.31. The van der Waals surface area contributed by atoms with Crippen LogP contribution in [0.4, 0.5) is 4.39 Å². The molecule has 112 valence electrons. The molecule has 0 saturated carbocycles. The van der Waals surface area contributed by atoms with Crippen molar-refractivity contribution in [3.05, 3.63) is 48.3 Å². The van der Waals surface area contributed by atoms with E-state index < -0.39 is 5.60 Å². The normalized spacial score (nSPS) is 28.9. The van der Waals surface area contributed by atoms with Crippen LogP contribution in [0.15, 0.2) is 36.9 Å². The van der Waals surface area contributed by atoms with E-state index >= 15 is 0 Å². The minimum atomic E-state index is -1.01. The molecule has 2 aromatic rings. The van der Waals surface area contributed by atoms with E-state index in [0.29, 0.717) is 19.6 Å². The number of nitrogens with zero attached hydrogens (tertiary/aromatic N) is 3. The van der Waals surface area contributed by atoms with Crippen molar-refractivity contribution in [3.8, 4) is 0 Å². The fraction of sp³-hybridized carbons (Fsp3) is 0.467. The molecule has 0 spiro atoms. The summed E-state index contributed by atoms with van der Waals surface area (Å²) >= 11 is 0. The highest BCUT2D eigenvalue weighted by Crippen LogP contribution is 2.35. The summed E-state index contributed by atoms with van der Waals surface area (Å²) in [5.41, 5.74) is -0.0293. The second kappa shape index (κ2) is 5.54. The Hall–Kier alpha value is -1.79. The predicted octanol–water partition coefficient (Wildman–Crippen LogP) is 1.43. The first kappa shape index (κ1) is 14.2. The molecule has 6 heteroatoms. The Labute approximate surface area is 122 Å². The monoisotopic (exact) mass is 291 g/mol. The SMILES string of the molecule is CC1OCC(Cc2ccc(F)cc2)C1(O)Cn1cncn1. The minimum Gasteiger partial charge on any atom is -0.385 e. The van der Waals surface area contributed by atoms with Crippen LogP contribution in [0, 0.1) is 11.7 Å². The molecule has 0 bridgehead atoms. The van der Waals surface area contributed by atoms with Gasteiger partial charge >= 0.3 is 0 Å². The molecule has 1 aliphatic heterocycles. The highest BCUT2D eigenvalue weighted by atomic mass is 19.1. The van der Waals surface area contributed by atoms with E-state index in [-0.39, 0.29) is 17.8 Å². The van der Waals surface area contributed by atoms with Gasteiger partial charge in [0.05, 0.1) is 19.3 Å². The molecule has 1 saturated heterocycles.